The van der Waals surface area contributed by atoms with Crippen LogP contribution in [0.5, 0.6) is 5.75 Å². The smallest absolute Gasteiger partial charge is 0.444 e. The number of alkyl halides is 3. The number of hydrogen-bond donors (Lipinski definition) is 4. The average molecular weight is 569 g/mol. The number of rotatable bonds is 8. The normalized spacial score (nSPS) is 11.8. The Labute approximate surface area is 231 Å². The predicted octanol–water partition coefficient (Wildman–Crippen LogP) is 6.42. The van der Waals surface area contributed by atoms with Crippen LogP contribution in [0, 0.1) is 10.8 Å². The molecule has 0 saturated carbocycles. The van der Waals surface area contributed by atoms with Crippen LogP contribution in [0.15, 0.2) is 48.5 Å². The van der Waals surface area contributed by atoms with Crippen molar-refractivity contribution >= 4 is 33.8 Å². The van der Waals surface area contributed by atoms with Crippen molar-refractivity contribution in [2.75, 3.05) is 0 Å². The molecule has 0 radical (unpaired) electrons. The fourth-order valence-corrected chi connectivity index (χ4v) is 3.80. The molecule has 0 aromatic heterocycles. The molecule has 39 heavy (non-hydrogen) atoms. The quantitative estimate of drug-likeness (QED) is 0.216. The van der Waals surface area contributed by atoms with E-state index < -0.39 is 29.8 Å². The molecule has 0 heterocycles. The van der Waals surface area contributed by atoms with Crippen LogP contribution in [0.3, 0.4) is 0 Å². The molecule has 0 aliphatic heterocycles. The molecule has 2 amide bonds. The van der Waals surface area contributed by atoms with Gasteiger partial charge in [0.05, 0.1) is 11.1 Å². The molecule has 214 valence electrons. The molecule has 0 spiro atoms. The minimum absolute atomic E-state index is 0.0574. The Hall–Kier alpha value is -3.54. The van der Waals surface area contributed by atoms with Crippen LogP contribution < -0.4 is 15.4 Å². The monoisotopic (exact) mass is 568 g/mol. The molecule has 8 nitrogen and oxygen atoms in total. The van der Waals surface area contributed by atoms with Gasteiger partial charge in [0.2, 0.25) is 5.91 Å². The maximum atomic E-state index is 12.5. The average Bonchev–Trinajstić information content (AvgIpc) is 2.82. The summed E-state index contributed by atoms with van der Waals surface area (Å²) in [5, 5.41) is 21.8. The number of thioether (sulfide) groups is 1. The van der Waals surface area contributed by atoms with E-state index in [1.54, 1.807) is 45.0 Å². The van der Waals surface area contributed by atoms with E-state index in [2.05, 4.69) is 15.4 Å². The van der Waals surface area contributed by atoms with Crippen molar-refractivity contribution in [2.24, 2.45) is 0 Å². The molecule has 0 bridgehead atoms. The Morgan fingerprint density at radius 3 is 2.13 bits per heavy atom. The van der Waals surface area contributed by atoms with Gasteiger partial charge in [0.25, 0.3) is 0 Å². The van der Waals surface area contributed by atoms with E-state index in [0.29, 0.717) is 0 Å². The van der Waals surface area contributed by atoms with Crippen LogP contribution in [-0.2, 0) is 22.5 Å². The zero-order valence-corrected chi connectivity index (χ0v) is 23.6. The predicted molar refractivity (Wildman–Crippen MR) is 147 cm³/mol. The molecule has 0 fully saturated rings. The number of ether oxygens (including phenoxy) is 2. The Morgan fingerprint density at radius 1 is 1.00 bits per heavy atom. The Kier molecular flexibility index (Phi) is 13.0. The van der Waals surface area contributed by atoms with Gasteiger partial charge in [-0.1, -0.05) is 62.0 Å². The van der Waals surface area contributed by atoms with Crippen LogP contribution in [0.1, 0.15) is 58.2 Å². The lowest BCUT2D eigenvalue weighted by Gasteiger charge is -2.20. The number of halogens is 3. The van der Waals surface area contributed by atoms with E-state index in [4.69, 9.17) is 15.6 Å². The van der Waals surface area contributed by atoms with Gasteiger partial charge in [-0.05, 0) is 50.5 Å². The SMILES string of the molecule is CC.CC(=O)NC(Cc1ccc(CNC(=O)OC(C)(C)C)cc1)C(=N)SC(=N)c1cccc(OC(F)(F)F)c1. The number of carbonyl (C=O) groups excluding carboxylic acids is 2. The van der Waals surface area contributed by atoms with Crippen molar-refractivity contribution in [2.45, 2.75) is 72.5 Å². The summed E-state index contributed by atoms with van der Waals surface area (Å²) in [6, 6.07) is 11.3. The molecule has 0 aliphatic rings. The van der Waals surface area contributed by atoms with Gasteiger partial charge in [-0.25, -0.2) is 4.79 Å². The first kappa shape index (κ1) is 33.5. The van der Waals surface area contributed by atoms with Gasteiger partial charge in [-0.2, -0.15) is 0 Å². The fraction of sp³-hybridized carbons (Fsp3) is 0.407. The van der Waals surface area contributed by atoms with Crippen LogP contribution in [-0.4, -0.2) is 40.1 Å². The van der Waals surface area contributed by atoms with Crippen LogP contribution in [0.2, 0.25) is 0 Å². The minimum atomic E-state index is -4.86. The maximum Gasteiger partial charge on any atom is 0.573 e. The van der Waals surface area contributed by atoms with Gasteiger partial charge in [0.1, 0.15) is 16.4 Å². The van der Waals surface area contributed by atoms with Gasteiger partial charge in [-0.3, -0.25) is 15.6 Å². The topological polar surface area (TPSA) is 124 Å². The second kappa shape index (κ2) is 15.2. The zero-order chi connectivity index (χ0) is 29.8. The third kappa shape index (κ3) is 13.7. The van der Waals surface area contributed by atoms with Gasteiger partial charge in [-0.15, -0.1) is 13.2 Å². The summed E-state index contributed by atoms with van der Waals surface area (Å²) in [6.45, 7) is 10.9. The number of nitrogens with one attached hydrogen (secondary N) is 4. The van der Waals surface area contributed by atoms with E-state index in [-0.39, 0.29) is 34.5 Å². The summed E-state index contributed by atoms with van der Waals surface area (Å²) in [5.41, 5.74) is 1.14. The number of hydrogen-bond acceptors (Lipinski definition) is 7. The van der Waals surface area contributed by atoms with E-state index >= 15 is 0 Å². The molecule has 2 aromatic rings. The lowest BCUT2D eigenvalue weighted by molar-refractivity contribution is -0.274. The lowest BCUT2D eigenvalue weighted by Crippen LogP contribution is -2.40. The Morgan fingerprint density at radius 2 is 1.59 bits per heavy atom. The molecule has 1 atom stereocenters. The fourth-order valence-electron chi connectivity index (χ4n) is 3.05. The van der Waals surface area contributed by atoms with Crippen molar-refractivity contribution < 1.29 is 32.2 Å². The van der Waals surface area contributed by atoms with E-state index in [0.717, 1.165) is 35.0 Å². The molecular weight excluding hydrogens is 533 g/mol. The van der Waals surface area contributed by atoms with Gasteiger partial charge < -0.3 is 20.1 Å². The number of benzene rings is 2. The second-order valence-electron chi connectivity index (χ2n) is 9.00. The summed E-state index contributed by atoms with van der Waals surface area (Å²) in [7, 11) is 0. The standard InChI is InChI=1S/C25H29F3N4O4S.C2H6/c1-15(33)32-20(12-16-8-10-17(11-9-16)14-31-23(34)36-24(2,3)4)22(30)37-21(29)18-6-5-7-19(13-18)35-25(26,27)28;1-2/h5-11,13,20,29-30H,12,14H2,1-4H3,(H,31,34)(H,32,33);1-2H3. The molecule has 1 unspecified atom stereocenters. The van der Waals surface area contributed by atoms with Gasteiger partial charge >= 0.3 is 12.5 Å². The molecule has 4 N–H and O–H groups in total. The first-order valence-corrected chi connectivity index (χ1v) is 13.0. The number of alkyl carbamates (subject to hydrolysis) is 1. The Balaban J connectivity index is 0.00000371. The van der Waals surface area contributed by atoms with Crippen molar-refractivity contribution in [3.8, 4) is 5.75 Å². The van der Waals surface area contributed by atoms with Gasteiger partial charge in [0, 0.05) is 19.0 Å². The minimum Gasteiger partial charge on any atom is -0.444 e. The zero-order valence-electron chi connectivity index (χ0n) is 22.8. The summed E-state index contributed by atoms with van der Waals surface area (Å²) in [5.74, 6) is -0.845. The molecule has 0 aliphatic carbocycles. The third-order valence-corrected chi connectivity index (χ3v) is 5.48. The van der Waals surface area contributed by atoms with Crippen LogP contribution >= 0.6 is 11.8 Å². The molecular formula is C27H35F3N4O4S. The first-order chi connectivity index (χ1) is 18.1. The number of amides is 2. The van der Waals surface area contributed by atoms with E-state index in [1.807, 2.05) is 13.8 Å². The molecule has 12 heteroatoms. The van der Waals surface area contributed by atoms with Crippen molar-refractivity contribution in [3.05, 3.63) is 65.2 Å². The lowest BCUT2D eigenvalue weighted by atomic mass is 10.0. The number of carbonyl (C=O) groups is 2. The van der Waals surface area contributed by atoms with Crippen LogP contribution in [0.4, 0.5) is 18.0 Å². The summed E-state index contributed by atoms with van der Waals surface area (Å²) in [4.78, 5) is 23.6. The van der Waals surface area contributed by atoms with E-state index in [1.165, 1.54) is 19.1 Å². The summed E-state index contributed by atoms with van der Waals surface area (Å²) < 4.78 is 46.6. The van der Waals surface area contributed by atoms with Crippen molar-refractivity contribution in [1.82, 2.24) is 10.6 Å². The van der Waals surface area contributed by atoms with Gasteiger partial charge in [0.15, 0.2) is 0 Å². The highest BCUT2D eigenvalue weighted by molar-refractivity contribution is 8.26. The highest BCUT2D eigenvalue weighted by Gasteiger charge is 2.31. The first-order valence-electron chi connectivity index (χ1n) is 12.1. The van der Waals surface area contributed by atoms with Crippen LogP contribution in [0.25, 0.3) is 0 Å². The van der Waals surface area contributed by atoms with E-state index in [9.17, 15) is 22.8 Å². The molecule has 2 rings (SSSR count). The third-order valence-electron chi connectivity index (χ3n) is 4.53. The maximum absolute atomic E-state index is 12.5. The Bertz CT molecular complexity index is 1130. The second-order valence-corrected chi connectivity index (χ2v) is 10.1. The molecule has 0 saturated heterocycles. The molecule has 2 aromatic carbocycles. The largest absolute Gasteiger partial charge is 0.573 e. The summed E-state index contributed by atoms with van der Waals surface area (Å²) in [6.07, 6.45) is -5.15. The highest BCUT2D eigenvalue weighted by atomic mass is 32.2. The van der Waals surface area contributed by atoms with Crippen molar-refractivity contribution in [1.29, 1.82) is 10.8 Å². The highest BCUT2D eigenvalue weighted by Crippen LogP contribution is 2.25. The summed E-state index contributed by atoms with van der Waals surface area (Å²) >= 11 is 0.721. The van der Waals surface area contributed by atoms with Crippen molar-refractivity contribution in [3.63, 3.8) is 0 Å².